The summed E-state index contributed by atoms with van der Waals surface area (Å²) in [4.78, 5) is 2.42. The second kappa shape index (κ2) is 8.90. The molecule has 4 nitrogen and oxygen atoms in total. The zero-order chi connectivity index (χ0) is 14.9. The Hall–Kier alpha value is -1.26. The SMILES string of the molecule is COc1ccc(N(CCCN)CCCC2CCCO2)cc1. The van der Waals surface area contributed by atoms with Crippen molar-refractivity contribution in [2.45, 2.75) is 38.2 Å². The van der Waals surface area contributed by atoms with Gasteiger partial charge in [-0.25, -0.2) is 0 Å². The number of methoxy groups -OCH3 is 1. The predicted molar refractivity (Wildman–Crippen MR) is 87.1 cm³/mol. The van der Waals surface area contributed by atoms with Crippen LogP contribution in [0.25, 0.3) is 0 Å². The molecule has 1 aromatic carbocycles. The summed E-state index contributed by atoms with van der Waals surface area (Å²) >= 11 is 0. The summed E-state index contributed by atoms with van der Waals surface area (Å²) in [6.07, 6.45) is 6.28. The van der Waals surface area contributed by atoms with Gasteiger partial charge in [-0.2, -0.15) is 0 Å². The van der Waals surface area contributed by atoms with Gasteiger partial charge in [-0.3, -0.25) is 0 Å². The molecular weight excluding hydrogens is 264 g/mol. The molecule has 1 aliphatic heterocycles. The van der Waals surface area contributed by atoms with Gasteiger partial charge in [0, 0.05) is 25.4 Å². The van der Waals surface area contributed by atoms with E-state index in [0.717, 1.165) is 44.8 Å². The molecule has 1 aliphatic rings. The largest absolute Gasteiger partial charge is 0.497 e. The molecule has 0 amide bonds. The van der Waals surface area contributed by atoms with Crippen molar-refractivity contribution in [1.29, 1.82) is 0 Å². The van der Waals surface area contributed by atoms with Gasteiger partial charge in [0.05, 0.1) is 13.2 Å². The van der Waals surface area contributed by atoms with Gasteiger partial charge in [0.25, 0.3) is 0 Å². The molecule has 118 valence electrons. The summed E-state index contributed by atoms with van der Waals surface area (Å²) < 4.78 is 10.9. The van der Waals surface area contributed by atoms with Gasteiger partial charge in [0.1, 0.15) is 5.75 Å². The number of hydrogen-bond acceptors (Lipinski definition) is 4. The van der Waals surface area contributed by atoms with Crippen LogP contribution in [0.3, 0.4) is 0 Å². The van der Waals surface area contributed by atoms with Crippen molar-refractivity contribution in [3.05, 3.63) is 24.3 Å². The van der Waals surface area contributed by atoms with E-state index in [4.69, 9.17) is 15.2 Å². The quantitative estimate of drug-likeness (QED) is 0.760. The van der Waals surface area contributed by atoms with Crippen molar-refractivity contribution in [1.82, 2.24) is 0 Å². The predicted octanol–water partition coefficient (Wildman–Crippen LogP) is 2.81. The Bertz CT molecular complexity index is 388. The number of nitrogens with zero attached hydrogens (tertiary/aromatic N) is 1. The van der Waals surface area contributed by atoms with Gasteiger partial charge >= 0.3 is 0 Å². The Balaban J connectivity index is 1.85. The molecule has 0 aromatic heterocycles. The van der Waals surface area contributed by atoms with E-state index in [1.165, 1.54) is 24.9 Å². The van der Waals surface area contributed by atoms with Crippen molar-refractivity contribution in [3.63, 3.8) is 0 Å². The third-order valence-corrected chi connectivity index (χ3v) is 4.05. The number of nitrogens with two attached hydrogens (primary N) is 1. The first-order valence-electron chi connectivity index (χ1n) is 8.04. The third kappa shape index (κ3) is 5.21. The maximum atomic E-state index is 5.70. The number of hydrogen-bond donors (Lipinski definition) is 1. The van der Waals surface area contributed by atoms with Crippen molar-refractivity contribution in [2.75, 3.05) is 38.3 Å². The van der Waals surface area contributed by atoms with Crippen LogP contribution in [-0.4, -0.2) is 39.5 Å². The minimum atomic E-state index is 0.484. The molecule has 1 atom stereocenters. The highest BCUT2D eigenvalue weighted by Gasteiger charge is 2.15. The highest BCUT2D eigenvalue weighted by atomic mass is 16.5. The average Bonchev–Trinajstić information content (AvgIpc) is 3.04. The lowest BCUT2D eigenvalue weighted by Gasteiger charge is -2.25. The lowest BCUT2D eigenvalue weighted by molar-refractivity contribution is 0.103. The van der Waals surface area contributed by atoms with Crippen LogP contribution in [0, 0.1) is 0 Å². The first-order chi connectivity index (χ1) is 10.3. The molecular formula is C17H28N2O2. The Morgan fingerprint density at radius 2 is 2.00 bits per heavy atom. The minimum absolute atomic E-state index is 0.484. The summed E-state index contributed by atoms with van der Waals surface area (Å²) in [6.45, 7) is 3.75. The standard InChI is InChI=1S/C17H28N2O2/c1-20-16-9-7-15(8-10-16)19(13-4-11-18)12-2-5-17-6-3-14-21-17/h7-10,17H,2-6,11-14,18H2,1H3. The monoisotopic (exact) mass is 292 g/mol. The van der Waals surface area contributed by atoms with Crippen molar-refractivity contribution < 1.29 is 9.47 Å². The zero-order valence-corrected chi connectivity index (χ0v) is 13.1. The molecule has 1 fully saturated rings. The second-order valence-electron chi connectivity index (χ2n) is 5.60. The van der Waals surface area contributed by atoms with E-state index in [1.54, 1.807) is 7.11 Å². The molecule has 4 heteroatoms. The average molecular weight is 292 g/mol. The van der Waals surface area contributed by atoms with Crippen LogP contribution in [0.5, 0.6) is 5.75 Å². The molecule has 2 N–H and O–H groups in total. The highest BCUT2D eigenvalue weighted by Crippen LogP contribution is 2.21. The molecule has 1 unspecified atom stereocenters. The van der Waals surface area contributed by atoms with Crippen molar-refractivity contribution >= 4 is 5.69 Å². The van der Waals surface area contributed by atoms with Crippen molar-refractivity contribution in [3.8, 4) is 5.75 Å². The fourth-order valence-electron chi connectivity index (χ4n) is 2.83. The van der Waals surface area contributed by atoms with Crippen LogP contribution in [0.15, 0.2) is 24.3 Å². The molecule has 1 heterocycles. The molecule has 2 rings (SSSR count). The van der Waals surface area contributed by atoms with Crippen LogP contribution >= 0.6 is 0 Å². The summed E-state index contributed by atoms with van der Waals surface area (Å²) in [6, 6.07) is 8.29. The number of rotatable bonds is 9. The topological polar surface area (TPSA) is 47.7 Å². The van der Waals surface area contributed by atoms with Gasteiger partial charge < -0.3 is 20.1 Å². The fraction of sp³-hybridized carbons (Fsp3) is 0.647. The van der Waals surface area contributed by atoms with E-state index in [9.17, 15) is 0 Å². The summed E-state index contributed by atoms with van der Waals surface area (Å²) in [5, 5.41) is 0. The second-order valence-corrected chi connectivity index (χ2v) is 5.60. The Morgan fingerprint density at radius 3 is 2.62 bits per heavy atom. The van der Waals surface area contributed by atoms with Crippen LogP contribution in [-0.2, 0) is 4.74 Å². The van der Waals surface area contributed by atoms with Gasteiger partial charge in [0.2, 0.25) is 0 Å². The molecule has 1 saturated heterocycles. The van der Waals surface area contributed by atoms with Gasteiger partial charge in [-0.1, -0.05) is 0 Å². The Morgan fingerprint density at radius 1 is 1.24 bits per heavy atom. The van der Waals surface area contributed by atoms with E-state index in [2.05, 4.69) is 17.0 Å². The first kappa shape index (κ1) is 16.1. The van der Waals surface area contributed by atoms with Crippen LogP contribution < -0.4 is 15.4 Å². The Kier molecular flexibility index (Phi) is 6.83. The van der Waals surface area contributed by atoms with Crippen LogP contribution in [0.1, 0.15) is 32.1 Å². The zero-order valence-electron chi connectivity index (χ0n) is 13.1. The summed E-state index contributed by atoms with van der Waals surface area (Å²) in [5.41, 5.74) is 6.91. The normalized spacial score (nSPS) is 17.9. The smallest absolute Gasteiger partial charge is 0.119 e. The van der Waals surface area contributed by atoms with Crippen LogP contribution in [0.4, 0.5) is 5.69 Å². The van der Waals surface area contributed by atoms with Crippen LogP contribution in [0.2, 0.25) is 0 Å². The maximum absolute atomic E-state index is 5.70. The fourth-order valence-corrected chi connectivity index (χ4v) is 2.83. The maximum Gasteiger partial charge on any atom is 0.119 e. The van der Waals surface area contributed by atoms with E-state index in [1.807, 2.05) is 12.1 Å². The molecule has 0 radical (unpaired) electrons. The number of benzene rings is 1. The van der Waals surface area contributed by atoms with E-state index < -0.39 is 0 Å². The van der Waals surface area contributed by atoms with E-state index in [0.29, 0.717) is 6.10 Å². The van der Waals surface area contributed by atoms with Gasteiger partial charge in [-0.05, 0) is 62.9 Å². The first-order valence-corrected chi connectivity index (χ1v) is 8.04. The summed E-state index contributed by atoms with van der Waals surface area (Å²) in [7, 11) is 1.70. The van der Waals surface area contributed by atoms with E-state index >= 15 is 0 Å². The molecule has 0 saturated carbocycles. The number of anilines is 1. The molecule has 0 aliphatic carbocycles. The third-order valence-electron chi connectivity index (χ3n) is 4.05. The van der Waals surface area contributed by atoms with Gasteiger partial charge in [0.15, 0.2) is 0 Å². The lowest BCUT2D eigenvalue weighted by Crippen LogP contribution is -2.27. The lowest BCUT2D eigenvalue weighted by atomic mass is 10.1. The molecule has 0 bridgehead atoms. The number of ether oxygens (including phenoxy) is 2. The molecule has 21 heavy (non-hydrogen) atoms. The summed E-state index contributed by atoms with van der Waals surface area (Å²) in [5.74, 6) is 0.900. The Labute approximate surface area is 128 Å². The highest BCUT2D eigenvalue weighted by molar-refractivity contribution is 5.49. The van der Waals surface area contributed by atoms with E-state index in [-0.39, 0.29) is 0 Å². The van der Waals surface area contributed by atoms with Crippen molar-refractivity contribution in [2.24, 2.45) is 5.73 Å². The van der Waals surface area contributed by atoms with Gasteiger partial charge in [-0.15, -0.1) is 0 Å². The molecule has 0 spiro atoms. The molecule has 1 aromatic rings. The minimum Gasteiger partial charge on any atom is -0.497 e.